The van der Waals surface area contributed by atoms with Crippen molar-refractivity contribution in [3.63, 3.8) is 0 Å². The number of morpholine rings is 1. The Balaban J connectivity index is 0.00000208. The van der Waals surface area contributed by atoms with Crippen molar-refractivity contribution in [1.29, 1.82) is 0 Å². The Morgan fingerprint density at radius 1 is 1.21 bits per heavy atom. The highest BCUT2D eigenvalue weighted by Gasteiger charge is 2.25. The lowest BCUT2D eigenvalue weighted by molar-refractivity contribution is -0.126. The van der Waals surface area contributed by atoms with Crippen LogP contribution >= 0.6 is 12.4 Å². The minimum absolute atomic E-state index is 0. The van der Waals surface area contributed by atoms with E-state index in [0.717, 1.165) is 58.8 Å². The summed E-state index contributed by atoms with van der Waals surface area (Å²) in [5.41, 5.74) is 1.18. The van der Waals surface area contributed by atoms with E-state index in [0.29, 0.717) is 0 Å². The molecule has 134 valence electrons. The maximum atomic E-state index is 12.6. The Morgan fingerprint density at radius 2 is 1.88 bits per heavy atom. The molecule has 2 heterocycles. The third-order valence-corrected chi connectivity index (χ3v) is 4.77. The van der Waals surface area contributed by atoms with E-state index < -0.39 is 0 Å². The minimum atomic E-state index is 0. The average Bonchev–Trinajstić information content (AvgIpc) is 2.63. The molecule has 1 aromatic carbocycles. The number of hydrogen-bond acceptors (Lipinski definition) is 4. The van der Waals surface area contributed by atoms with Gasteiger partial charge in [-0.05, 0) is 31.5 Å². The summed E-state index contributed by atoms with van der Waals surface area (Å²) >= 11 is 0. The molecule has 6 heteroatoms. The Labute approximate surface area is 150 Å². The normalized spacial score (nSPS) is 20.8. The molecule has 2 aliphatic rings. The number of carbonyl (C=O) groups excluding carboxylic acids is 1. The van der Waals surface area contributed by atoms with Crippen LogP contribution in [0, 0.1) is 5.92 Å². The third kappa shape index (κ3) is 5.45. The summed E-state index contributed by atoms with van der Waals surface area (Å²) < 4.78 is 5.43. The van der Waals surface area contributed by atoms with Crippen LogP contribution in [0.15, 0.2) is 30.3 Å². The van der Waals surface area contributed by atoms with Crippen LogP contribution < -0.4 is 10.6 Å². The van der Waals surface area contributed by atoms with Crippen molar-refractivity contribution in [3.05, 3.63) is 35.9 Å². The second-order valence-corrected chi connectivity index (χ2v) is 6.41. The van der Waals surface area contributed by atoms with Gasteiger partial charge in [-0.15, -0.1) is 12.4 Å². The summed E-state index contributed by atoms with van der Waals surface area (Å²) in [5, 5.41) is 6.62. The van der Waals surface area contributed by atoms with Gasteiger partial charge in [0.05, 0.1) is 19.3 Å². The quantitative estimate of drug-likeness (QED) is 0.844. The number of hydrogen-bond donors (Lipinski definition) is 2. The molecule has 2 aliphatic heterocycles. The number of piperidine rings is 1. The molecule has 0 aliphatic carbocycles. The monoisotopic (exact) mass is 353 g/mol. The Hall–Kier alpha value is -1.14. The van der Waals surface area contributed by atoms with Crippen LogP contribution in [0.5, 0.6) is 0 Å². The molecule has 1 amide bonds. The van der Waals surface area contributed by atoms with Crippen molar-refractivity contribution in [3.8, 4) is 0 Å². The summed E-state index contributed by atoms with van der Waals surface area (Å²) in [5.74, 6) is 0.348. The van der Waals surface area contributed by atoms with Crippen LogP contribution in [0.1, 0.15) is 24.4 Å². The van der Waals surface area contributed by atoms with Crippen molar-refractivity contribution in [2.24, 2.45) is 5.92 Å². The van der Waals surface area contributed by atoms with E-state index in [-0.39, 0.29) is 30.3 Å². The topological polar surface area (TPSA) is 53.6 Å². The van der Waals surface area contributed by atoms with Crippen LogP contribution in [0.25, 0.3) is 0 Å². The molecule has 1 atom stereocenters. The Bertz CT molecular complexity index is 488. The summed E-state index contributed by atoms with van der Waals surface area (Å²) in [4.78, 5) is 15.0. The maximum Gasteiger partial charge on any atom is 0.223 e. The molecular weight excluding hydrogens is 326 g/mol. The van der Waals surface area contributed by atoms with Crippen LogP contribution in [-0.4, -0.2) is 56.7 Å². The minimum Gasteiger partial charge on any atom is -0.379 e. The average molecular weight is 354 g/mol. The van der Waals surface area contributed by atoms with Crippen LogP contribution in [0.3, 0.4) is 0 Å². The van der Waals surface area contributed by atoms with Crippen molar-refractivity contribution in [2.45, 2.75) is 18.9 Å². The standard InChI is InChI=1S/C18H27N3O2.ClH/c22-18(16-6-8-19-9-7-16)20-17(15-4-2-1-3-5-15)14-21-10-12-23-13-11-21;/h1-5,16-17,19H,6-14H2,(H,20,22);1H. The first-order valence-corrected chi connectivity index (χ1v) is 8.69. The van der Waals surface area contributed by atoms with Gasteiger partial charge in [0, 0.05) is 25.6 Å². The van der Waals surface area contributed by atoms with E-state index in [4.69, 9.17) is 4.74 Å². The molecular formula is C18H28ClN3O2. The van der Waals surface area contributed by atoms with Crippen molar-refractivity contribution >= 4 is 18.3 Å². The number of rotatable bonds is 5. The molecule has 0 aromatic heterocycles. The lowest BCUT2D eigenvalue weighted by Gasteiger charge is -2.32. The van der Waals surface area contributed by atoms with Gasteiger partial charge in [-0.2, -0.15) is 0 Å². The van der Waals surface area contributed by atoms with Gasteiger partial charge in [0.1, 0.15) is 0 Å². The molecule has 0 radical (unpaired) electrons. The van der Waals surface area contributed by atoms with Gasteiger partial charge < -0.3 is 15.4 Å². The van der Waals surface area contributed by atoms with Crippen molar-refractivity contribution < 1.29 is 9.53 Å². The predicted octanol–water partition coefficient (Wildman–Crippen LogP) is 1.60. The molecule has 0 bridgehead atoms. The van der Waals surface area contributed by atoms with E-state index in [9.17, 15) is 4.79 Å². The number of nitrogens with one attached hydrogen (secondary N) is 2. The zero-order valence-corrected chi connectivity index (χ0v) is 14.9. The first kappa shape index (κ1) is 19.2. The van der Waals surface area contributed by atoms with Crippen molar-refractivity contribution in [2.75, 3.05) is 45.9 Å². The van der Waals surface area contributed by atoms with E-state index in [1.165, 1.54) is 5.56 Å². The largest absolute Gasteiger partial charge is 0.379 e. The smallest absolute Gasteiger partial charge is 0.223 e. The van der Waals surface area contributed by atoms with Gasteiger partial charge in [0.15, 0.2) is 0 Å². The van der Waals surface area contributed by atoms with Crippen molar-refractivity contribution in [1.82, 2.24) is 15.5 Å². The third-order valence-electron chi connectivity index (χ3n) is 4.77. The van der Waals surface area contributed by atoms with Crippen LogP contribution in [-0.2, 0) is 9.53 Å². The van der Waals surface area contributed by atoms with Gasteiger partial charge in [-0.1, -0.05) is 30.3 Å². The zero-order valence-electron chi connectivity index (χ0n) is 14.1. The van der Waals surface area contributed by atoms with E-state index >= 15 is 0 Å². The number of benzene rings is 1. The lowest BCUT2D eigenvalue weighted by Crippen LogP contribution is -2.45. The fourth-order valence-corrected chi connectivity index (χ4v) is 3.34. The predicted molar refractivity (Wildman–Crippen MR) is 97.4 cm³/mol. The van der Waals surface area contributed by atoms with E-state index in [2.05, 4.69) is 27.7 Å². The van der Waals surface area contributed by atoms with Crippen LogP contribution in [0.2, 0.25) is 0 Å². The fraction of sp³-hybridized carbons (Fsp3) is 0.611. The summed E-state index contributed by atoms with van der Waals surface area (Å²) in [6.07, 6.45) is 1.87. The number of ether oxygens (including phenoxy) is 1. The summed E-state index contributed by atoms with van der Waals surface area (Å²) in [6.45, 7) is 6.17. The van der Waals surface area contributed by atoms with Gasteiger partial charge in [-0.3, -0.25) is 9.69 Å². The number of amides is 1. The van der Waals surface area contributed by atoms with E-state index in [1.54, 1.807) is 0 Å². The number of halogens is 1. The fourth-order valence-electron chi connectivity index (χ4n) is 3.34. The highest BCUT2D eigenvalue weighted by molar-refractivity contribution is 5.85. The van der Waals surface area contributed by atoms with Gasteiger partial charge in [-0.25, -0.2) is 0 Å². The zero-order chi connectivity index (χ0) is 15.9. The number of nitrogens with zero attached hydrogens (tertiary/aromatic N) is 1. The summed E-state index contributed by atoms with van der Waals surface area (Å²) in [7, 11) is 0. The molecule has 1 aromatic rings. The molecule has 2 fully saturated rings. The highest BCUT2D eigenvalue weighted by Crippen LogP contribution is 2.18. The van der Waals surface area contributed by atoms with Gasteiger partial charge >= 0.3 is 0 Å². The molecule has 2 saturated heterocycles. The van der Waals surface area contributed by atoms with E-state index in [1.807, 2.05) is 18.2 Å². The number of carbonyl (C=O) groups is 1. The van der Waals surface area contributed by atoms with Gasteiger partial charge in [0.2, 0.25) is 5.91 Å². The molecule has 3 rings (SSSR count). The Kier molecular flexibility index (Phi) is 7.99. The molecule has 0 saturated carbocycles. The molecule has 2 N–H and O–H groups in total. The second-order valence-electron chi connectivity index (χ2n) is 6.41. The van der Waals surface area contributed by atoms with Crippen LogP contribution in [0.4, 0.5) is 0 Å². The first-order valence-electron chi connectivity index (χ1n) is 8.69. The Morgan fingerprint density at radius 3 is 2.54 bits per heavy atom. The lowest BCUT2D eigenvalue weighted by atomic mass is 9.96. The summed E-state index contributed by atoms with van der Waals surface area (Å²) in [6, 6.07) is 10.4. The molecule has 0 spiro atoms. The maximum absolute atomic E-state index is 12.6. The SMILES string of the molecule is Cl.O=C(NC(CN1CCOCC1)c1ccccc1)C1CCNCC1. The molecule has 24 heavy (non-hydrogen) atoms. The molecule has 1 unspecified atom stereocenters. The second kappa shape index (κ2) is 9.99. The highest BCUT2D eigenvalue weighted by atomic mass is 35.5. The first-order chi connectivity index (χ1) is 11.3. The van der Waals surface area contributed by atoms with Gasteiger partial charge in [0.25, 0.3) is 0 Å². The molecule has 5 nitrogen and oxygen atoms in total.